The molecular weight excluding hydrogens is 246 g/mol. The maximum absolute atomic E-state index is 12.1. The van der Waals surface area contributed by atoms with Gasteiger partial charge < -0.3 is 9.88 Å². The highest BCUT2D eigenvalue weighted by molar-refractivity contribution is 7.99. The van der Waals surface area contributed by atoms with Crippen LogP contribution in [0.4, 0.5) is 5.82 Å². The van der Waals surface area contributed by atoms with Gasteiger partial charge in [-0.15, -0.1) is 0 Å². The van der Waals surface area contributed by atoms with E-state index in [4.69, 9.17) is 0 Å². The number of hydrogen-bond donors (Lipinski definition) is 1. The second-order valence-corrected chi connectivity index (χ2v) is 6.06. The fourth-order valence-electron chi connectivity index (χ4n) is 2.48. The van der Waals surface area contributed by atoms with E-state index in [-0.39, 0.29) is 5.56 Å². The number of thioether (sulfide) groups is 1. The predicted octanol–water partition coefficient (Wildman–Crippen LogP) is 2.35. The van der Waals surface area contributed by atoms with Gasteiger partial charge in [0.2, 0.25) is 0 Å². The van der Waals surface area contributed by atoms with Crippen molar-refractivity contribution in [3.05, 3.63) is 22.7 Å². The molecule has 1 aliphatic rings. The Balaban J connectivity index is 2.11. The van der Waals surface area contributed by atoms with Crippen LogP contribution in [-0.2, 0) is 6.54 Å². The number of aromatic nitrogens is 2. The SMILES string of the molecule is CCSC1CCCC1Nc1nccn(CC)c1=O. The van der Waals surface area contributed by atoms with Crippen molar-refractivity contribution in [1.29, 1.82) is 0 Å². The van der Waals surface area contributed by atoms with Crippen molar-refractivity contribution in [3.8, 4) is 0 Å². The van der Waals surface area contributed by atoms with Gasteiger partial charge in [-0.1, -0.05) is 13.3 Å². The van der Waals surface area contributed by atoms with E-state index in [0.717, 1.165) is 12.2 Å². The first-order chi connectivity index (χ1) is 8.76. The molecule has 0 spiro atoms. The Morgan fingerprint density at radius 2 is 2.33 bits per heavy atom. The predicted molar refractivity (Wildman–Crippen MR) is 77.4 cm³/mol. The highest BCUT2D eigenvalue weighted by Gasteiger charge is 2.27. The molecule has 1 aromatic heterocycles. The minimum absolute atomic E-state index is 0.00727. The van der Waals surface area contributed by atoms with Gasteiger partial charge in [0.25, 0.3) is 5.56 Å². The molecule has 0 radical (unpaired) electrons. The molecule has 18 heavy (non-hydrogen) atoms. The molecule has 0 bridgehead atoms. The molecule has 1 saturated carbocycles. The van der Waals surface area contributed by atoms with Crippen LogP contribution < -0.4 is 10.9 Å². The summed E-state index contributed by atoms with van der Waals surface area (Å²) < 4.78 is 1.69. The van der Waals surface area contributed by atoms with Crippen LogP contribution in [0.15, 0.2) is 17.2 Å². The van der Waals surface area contributed by atoms with E-state index in [0.29, 0.717) is 23.7 Å². The van der Waals surface area contributed by atoms with Crippen LogP contribution in [0.2, 0.25) is 0 Å². The molecule has 1 aromatic rings. The third-order valence-electron chi connectivity index (χ3n) is 3.41. The average Bonchev–Trinajstić information content (AvgIpc) is 2.80. The molecule has 1 fully saturated rings. The molecule has 1 aliphatic carbocycles. The maximum atomic E-state index is 12.1. The standard InChI is InChI=1S/C13H21N3OS/c1-3-16-9-8-14-12(13(16)17)15-10-6-5-7-11(10)18-4-2/h8-11H,3-7H2,1-2H3,(H,14,15). The van der Waals surface area contributed by atoms with Gasteiger partial charge in [-0.05, 0) is 25.5 Å². The summed E-state index contributed by atoms with van der Waals surface area (Å²) in [4.78, 5) is 16.3. The number of nitrogens with zero attached hydrogens (tertiary/aromatic N) is 2. The van der Waals surface area contributed by atoms with E-state index >= 15 is 0 Å². The van der Waals surface area contributed by atoms with E-state index in [9.17, 15) is 4.79 Å². The Hall–Kier alpha value is -0.970. The zero-order valence-electron chi connectivity index (χ0n) is 11.1. The van der Waals surface area contributed by atoms with E-state index in [2.05, 4.69) is 17.2 Å². The molecule has 2 unspecified atom stereocenters. The molecule has 5 heteroatoms. The molecule has 0 amide bonds. The van der Waals surface area contributed by atoms with Gasteiger partial charge in [0, 0.05) is 30.2 Å². The van der Waals surface area contributed by atoms with Crippen LogP contribution in [0.3, 0.4) is 0 Å². The zero-order chi connectivity index (χ0) is 13.0. The van der Waals surface area contributed by atoms with Crippen molar-refractivity contribution in [2.75, 3.05) is 11.1 Å². The normalized spacial score (nSPS) is 23.2. The fraction of sp³-hybridized carbons (Fsp3) is 0.692. The lowest BCUT2D eigenvalue weighted by Crippen LogP contribution is -2.32. The van der Waals surface area contributed by atoms with E-state index in [1.54, 1.807) is 17.0 Å². The first-order valence-corrected chi connectivity index (χ1v) is 7.74. The Kier molecular flexibility index (Phi) is 4.69. The Morgan fingerprint density at radius 1 is 1.50 bits per heavy atom. The number of hydrogen-bond acceptors (Lipinski definition) is 4. The molecule has 2 atom stereocenters. The second kappa shape index (κ2) is 6.27. The lowest BCUT2D eigenvalue weighted by molar-refractivity contribution is 0.705. The number of rotatable bonds is 5. The highest BCUT2D eigenvalue weighted by Crippen LogP contribution is 2.31. The third-order valence-corrected chi connectivity index (χ3v) is 4.74. The monoisotopic (exact) mass is 267 g/mol. The van der Waals surface area contributed by atoms with Crippen molar-refractivity contribution in [1.82, 2.24) is 9.55 Å². The summed E-state index contributed by atoms with van der Waals surface area (Å²) in [6.07, 6.45) is 7.06. The highest BCUT2D eigenvalue weighted by atomic mass is 32.2. The molecule has 0 saturated heterocycles. The molecule has 1 heterocycles. The lowest BCUT2D eigenvalue weighted by Gasteiger charge is -2.20. The van der Waals surface area contributed by atoms with Gasteiger partial charge in [0.05, 0.1) is 0 Å². The van der Waals surface area contributed by atoms with Crippen LogP contribution >= 0.6 is 11.8 Å². The van der Waals surface area contributed by atoms with Crippen molar-refractivity contribution < 1.29 is 0 Å². The topological polar surface area (TPSA) is 46.9 Å². The molecule has 0 aromatic carbocycles. The number of nitrogens with one attached hydrogen (secondary N) is 1. The van der Waals surface area contributed by atoms with Crippen LogP contribution in [-0.4, -0.2) is 26.6 Å². The minimum atomic E-state index is -0.00727. The minimum Gasteiger partial charge on any atom is -0.362 e. The first-order valence-electron chi connectivity index (χ1n) is 6.69. The van der Waals surface area contributed by atoms with Crippen LogP contribution in [0.5, 0.6) is 0 Å². The smallest absolute Gasteiger partial charge is 0.293 e. The van der Waals surface area contributed by atoms with Crippen molar-refractivity contribution in [2.24, 2.45) is 0 Å². The van der Waals surface area contributed by atoms with E-state index in [1.165, 1.54) is 12.8 Å². The average molecular weight is 267 g/mol. The Bertz CT molecular complexity index is 446. The quantitative estimate of drug-likeness (QED) is 0.889. The molecule has 0 aliphatic heterocycles. The lowest BCUT2D eigenvalue weighted by atomic mass is 10.2. The molecule has 100 valence electrons. The molecular formula is C13H21N3OS. The summed E-state index contributed by atoms with van der Waals surface area (Å²) >= 11 is 1.98. The van der Waals surface area contributed by atoms with Crippen molar-refractivity contribution >= 4 is 17.6 Å². The Labute approximate surface area is 112 Å². The third kappa shape index (κ3) is 2.88. The summed E-state index contributed by atoms with van der Waals surface area (Å²) in [5, 5.41) is 3.97. The summed E-state index contributed by atoms with van der Waals surface area (Å²) in [5.41, 5.74) is -0.00727. The van der Waals surface area contributed by atoms with Crippen molar-refractivity contribution in [2.45, 2.75) is 50.9 Å². The second-order valence-electron chi connectivity index (χ2n) is 4.54. The van der Waals surface area contributed by atoms with Crippen LogP contribution in [0.25, 0.3) is 0 Å². The van der Waals surface area contributed by atoms with E-state index in [1.807, 2.05) is 18.7 Å². The van der Waals surface area contributed by atoms with Gasteiger partial charge in [-0.3, -0.25) is 4.79 Å². The van der Waals surface area contributed by atoms with Crippen molar-refractivity contribution in [3.63, 3.8) is 0 Å². The summed E-state index contributed by atoms with van der Waals surface area (Å²) in [7, 11) is 0. The Morgan fingerprint density at radius 3 is 3.06 bits per heavy atom. The van der Waals surface area contributed by atoms with E-state index < -0.39 is 0 Å². The van der Waals surface area contributed by atoms with Gasteiger partial charge >= 0.3 is 0 Å². The van der Waals surface area contributed by atoms with Crippen LogP contribution in [0, 0.1) is 0 Å². The largest absolute Gasteiger partial charge is 0.362 e. The molecule has 4 nitrogen and oxygen atoms in total. The molecule has 2 rings (SSSR count). The van der Waals surface area contributed by atoms with Gasteiger partial charge in [0.1, 0.15) is 0 Å². The van der Waals surface area contributed by atoms with Gasteiger partial charge in [0.15, 0.2) is 5.82 Å². The summed E-state index contributed by atoms with van der Waals surface area (Å²) in [5.74, 6) is 1.64. The maximum Gasteiger partial charge on any atom is 0.293 e. The number of anilines is 1. The molecule has 1 N–H and O–H groups in total. The summed E-state index contributed by atoms with van der Waals surface area (Å²) in [6.45, 7) is 4.84. The summed E-state index contributed by atoms with van der Waals surface area (Å²) in [6, 6.07) is 0.392. The fourth-order valence-corrected chi connectivity index (χ4v) is 3.67. The van der Waals surface area contributed by atoms with Gasteiger partial charge in [-0.25, -0.2) is 4.98 Å². The van der Waals surface area contributed by atoms with Gasteiger partial charge in [-0.2, -0.15) is 11.8 Å². The first kappa shape index (κ1) is 13.5. The number of aryl methyl sites for hydroxylation is 1. The van der Waals surface area contributed by atoms with Crippen LogP contribution in [0.1, 0.15) is 33.1 Å². The zero-order valence-corrected chi connectivity index (χ0v) is 11.9.